The predicted molar refractivity (Wildman–Crippen MR) is 111 cm³/mol. The van der Waals surface area contributed by atoms with E-state index in [-0.39, 0.29) is 16.8 Å². The van der Waals surface area contributed by atoms with Crippen LogP contribution in [0.5, 0.6) is 17.2 Å². The van der Waals surface area contributed by atoms with Crippen molar-refractivity contribution >= 4 is 59.0 Å². The molecule has 8 heteroatoms. The van der Waals surface area contributed by atoms with Gasteiger partial charge in [0.05, 0.1) is 16.7 Å². The second-order valence-corrected chi connectivity index (χ2v) is 7.55. The van der Waals surface area contributed by atoms with Gasteiger partial charge in [0.1, 0.15) is 22.6 Å². The smallest absolute Gasteiger partial charge is 0.156 e. The summed E-state index contributed by atoms with van der Waals surface area (Å²) in [6.45, 7) is 0.577. The van der Waals surface area contributed by atoms with Gasteiger partial charge in [-0.05, 0) is 31.1 Å². The highest BCUT2D eigenvalue weighted by atomic mass is 35.5. The van der Waals surface area contributed by atoms with Crippen molar-refractivity contribution in [1.29, 1.82) is 0 Å². The van der Waals surface area contributed by atoms with Crippen molar-refractivity contribution in [2.24, 2.45) is 0 Å². The molecule has 0 saturated heterocycles. The second kappa shape index (κ2) is 10.4. The van der Waals surface area contributed by atoms with Crippen molar-refractivity contribution in [2.75, 3.05) is 13.2 Å². The van der Waals surface area contributed by atoms with Gasteiger partial charge in [-0.2, -0.15) is 0 Å². The Morgan fingerprint density at radius 1 is 1.12 bits per heavy atom. The fourth-order valence-corrected chi connectivity index (χ4v) is 3.22. The SMILES string of the molecule is Oc1cccc(S)c1CCCOc1c(Cl)cc(OCC=C(Cl)Cl)cc1Cl. The van der Waals surface area contributed by atoms with Crippen molar-refractivity contribution < 1.29 is 14.6 Å². The highest BCUT2D eigenvalue weighted by Crippen LogP contribution is 2.37. The van der Waals surface area contributed by atoms with Crippen molar-refractivity contribution in [3.63, 3.8) is 0 Å². The lowest BCUT2D eigenvalue weighted by Crippen LogP contribution is -2.02. The van der Waals surface area contributed by atoms with Gasteiger partial charge in [0.25, 0.3) is 0 Å². The average molecular weight is 454 g/mol. The minimum atomic E-state index is 0.121. The molecule has 0 amide bonds. The molecule has 0 unspecified atom stereocenters. The molecule has 0 atom stereocenters. The molecule has 0 radical (unpaired) electrons. The Hall–Kier alpha value is -0.910. The van der Waals surface area contributed by atoms with E-state index in [0.29, 0.717) is 41.0 Å². The molecule has 0 saturated carbocycles. The quantitative estimate of drug-likeness (QED) is 0.345. The lowest BCUT2D eigenvalue weighted by molar-refractivity contribution is 0.309. The molecule has 0 bridgehead atoms. The lowest BCUT2D eigenvalue weighted by Gasteiger charge is -2.13. The summed E-state index contributed by atoms with van der Waals surface area (Å²) < 4.78 is 11.2. The number of thiol groups is 1. The van der Waals surface area contributed by atoms with Gasteiger partial charge < -0.3 is 14.6 Å². The summed E-state index contributed by atoms with van der Waals surface area (Å²) in [5, 5.41) is 10.5. The van der Waals surface area contributed by atoms with Crippen LogP contribution >= 0.6 is 59.0 Å². The van der Waals surface area contributed by atoms with E-state index in [1.54, 1.807) is 24.3 Å². The molecule has 0 aliphatic rings. The summed E-state index contributed by atoms with van der Waals surface area (Å²) in [7, 11) is 0. The first-order valence-electron chi connectivity index (χ1n) is 7.64. The maximum absolute atomic E-state index is 9.87. The van der Waals surface area contributed by atoms with Gasteiger partial charge in [0.15, 0.2) is 5.75 Å². The van der Waals surface area contributed by atoms with E-state index >= 15 is 0 Å². The van der Waals surface area contributed by atoms with Crippen LogP contribution in [-0.2, 0) is 6.42 Å². The fourth-order valence-electron chi connectivity index (χ4n) is 2.20. The third-order valence-corrected chi connectivity index (χ3v) is 4.69. The highest BCUT2D eigenvalue weighted by Gasteiger charge is 2.11. The summed E-state index contributed by atoms with van der Waals surface area (Å²) in [6, 6.07) is 8.42. The van der Waals surface area contributed by atoms with Gasteiger partial charge in [0.2, 0.25) is 0 Å². The minimum Gasteiger partial charge on any atom is -0.508 e. The van der Waals surface area contributed by atoms with Gasteiger partial charge in [-0.15, -0.1) is 12.6 Å². The predicted octanol–water partition coefficient (Wildman–Crippen LogP) is 6.70. The van der Waals surface area contributed by atoms with Crippen LogP contribution in [0.15, 0.2) is 45.8 Å². The van der Waals surface area contributed by atoms with Crippen LogP contribution < -0.4 is 9.47 Å². The molecule has 0 spiro atoms. The second-order valence-electron chi connectivity index (χ2n) is 5.25. The highest BCUT2D eigenvalue weighted by molar-refractivity contribution is 7.80. The van der Waals surface area contributed by atoms with Gasteiger partial charge >= 0.3 is 0 Å². The molecule has 0 fully saturated rings. The number of ether oxygens (including phenoxy) is 2. The first-order chi connectivity index (χ1) is 12.4. The molecule has 2 aromatic carbocycles. The van der Waals surface area contributed by atoms with Crippen molar-refractivity contribution in [3.05, 3.63) is 56.5 Å². The summed E-state index contributed by atoms with van der Waals surface area (Å²) in [5.74, 6) is 1.09. The number of phenols is 1. The van der Waals surface area contributed by atoms with Crippen LogP contribution in [0.2, 0.25) is 10.0 Å². The van der Waals surface area contributed by atoms with E-state index < -0.39 is 0 Å². The Balaban J connectivity index is 1.92. The monoisotopic (exact) mass is 452 g/mol. The van der Waals surface area contributed by atoms with Crippen LogP contribution in [0.3, 0.4) is 0 Å². The van der Waals surface area contributed by atoms with Crippen LogP contribution in [0.25, 0.3) is 0 Å². The zero-order chi connectivity index (χ0) is 19.1. The molecular formula is C18H16Cl4O3S. The van der Waals surface area contributed by atoms with Crippen molar-refractivity contribution in [1.82, 2.24) is 0 Å². The maximum atomic E-state index is 9.87. The molecule has 0 aliphatic carbocycles. The third kappa shape index (κ3) is 6.36. The molecule has 140 valence electrons. The number of aromatic hydroxyl groups is 1. The number of phenolic OH excluding ortho intramolecular Hbond substituents is 1. The van der Waals surface area contributed by atoms with E-state index in [1.807, 2.05) is 6.07 Å². The molecule has 3 nitrogen and oxygen atoms in total. The largest absolute Gasteiger partial charge is 0.508 e. The number of rotatable bonds is 8. The molecule has 2 rings (SSSR count). The standard InChI is InChI=1S/C18H16Cl4O3S/c19-13-9-11(24-8-6-17(21)22)10-14(20)18(13)25-7-2-3-12-15(23)4-1-5-16(12)26/h1,4-6,9-10,23,26H,2-3,7-8H2. The van der Waals surface area contributed by atoms with Gasteiger partial charge in [-0.1, -0.05) is 52.5 Å². The molecular weight excluding hydrogens is 438 g/mol. The number of hydrogen-bond acceptors (Lipinski definition) is 4. The van der Waals surface area contributed by atoms with E-state index in [1.165, 1.54) is 6.08 Å². The van der Waals surface area contributed by atoms with Gasteiger partial charge in [0, 0.05) is 22.6 Å². The minimum absolute atomic E-state index is 0.121. The van der Waals surface area contributed by atoms with Crippen LogP contribution in [0.1, 0.15) is 12.0 Å². The Morgan fingerprint density at radius 2 is 1.81 bits per heavy atom. The van der Waals surface area contributed by atoms with Gasteiger partial charge in [-0.25, -0.2) is 0 Å². The molecule has 2 aromatic rings. The summed E-state index contributed by atoms with van der Waals surface area (Å²) >= 11 is 27.8. The average Bonchev–Trinajstić information content (AvgIpc) is 2.55. The Labute approximate surface area is 177 Å². The zero-order valence-electron chi connectivity index (χ0n) is 13.5. The first kappa shape index (κ1) is 21.4. The Kier molecular flexibility index (Phi) is 8.58. The van der Waals surface area contributed by atoms with Crippen LogP contribution in [-0.4, -0.2) is 18.3 Å². The van der Waals surface area contributed by atoms with E-state index in [0.717, 1.165) is 10.5 Å². The lowest BCUT2D eigenvalue weighted by atomic mass is 10.1. The van der Waals surface area contributed by atoms with Crippen LogP contribution in [0.4, 0.5) is 0 Å². The zero-order valence-corrected chi connectivity index (χ0v) is 17.4. The third-order valence-electron chi connectivity index (χ3n) is 3.40. The molecule has 0 aromatic heterocycles. The maximum Gasteiger partial charge on any atom is 0.156 e. The van der Waals surface area contributed by atoms with Gasteiger partial charge in [-0.3, -0.25) is 0 Å². The summed E-state index contributed by atoms with van der Waals surface area (Å²) in [6.07, 6.45) is 2.78. The fraction of sp³-hybridized carbons (Fsp3) is 0.222. The Morgan fingerprint density at radius 3 is 2.42 bits per heavy atom. The van der Waals surface area contributed by atoms with Crippen molar-refractivity contribution in [3.8, 4) is 17.2 Å². The van der Waals surface area contributed by atoms with E-state index in [2.05, 4.69) is 12.6 Å². The summed E-state index contributed by atoms with van der Waals surface area (Å²) in [5.41, 5.74) is 0.784. The molecule has 0 heterocycles. The number of halogens is 4. The number of hydrogen-bond donors (Lipinski definition) is 2. The van der Waals surface area contributed by atoms with Crippen molar-refractivity contribution in [2.45, 2.75) is 17.7 Å². The summed E-state index contributed by atoms with van der Waals surface area (Å²) in [4.78, 5) is 0.744. The Bertz CT molecular complexity index is 749. The first-order valence-corrected chi connectivity index (χ1v) is 9.60. The molecule has 0 aliphatic heterocycles. The van der Waals surface area contributed by atoms with E-state index in [9.17, 15) is 5.11 Å². The van der Waals surface area contributed by atoms with Crippen LogP contribution in [0, 0.1) is 0 Å². The normalized spacial score (nSPS) is 10.5. The van der Waals surface area contributed by atoms with E-state index in [4.69, 9.17) is 55.9 Å². The number of benzene rings is 2. The molecule has 1 N–H and O–H groups in total. The molecule has 26 heavy (non-hydrogen) atoms. The topological polar surface area (TPSA) is 38.7 Å².